The van der Waals surface area contributed by atoms with E-state index in [4.69, 9.17) is 14.2 Å². The van der Waals surface area contributed by atoms with E-state index in [1.54, 1.807) is 7.11 Å². The highest BCUT2D eigenvalue weighted by Crippen LogP contribution is 2.43. The van der Waals surface area contributed by atoms with Crippen molar-refractivity contribution in [2.75, 3.05) is 13.7 Å². The lowest BCUT2D eigenvalue weighted by molar-refractivity contribution is -0.227. The van der Waals surface area contributed by atoms with Gasteiger partial charge in [-0.25, -0.2) is 0 Å². The van der Waals surface area contributed by atoms with Gasteiger partial charge in [0, 0.05) is 7.11 Å². The second kappa shape index (κ2) is 2.72. The Morgan fingerprint density at radius 1 is 1.67 bits per heavy atom. The van der Waals surface area contributed by atoms with Gasteiger partial charge in [-0.3, -0.25) is 0 Å². The highest BCUT2D eigenvalue weighted by Gasteiger charge is 2.60. The van der Waals surface area contributed by atoms with Crippen LogP contribution in [0.15, 0.2) is 0 Å². The first-order chi connectivity index (χ1) is 5.73. The van der Waals surface area contributed by atoms with Crippen LogP contribution in [0.3, 0.4) is 0 Å². The Morgan fingerprint density at radius 2 is 2.42 bits per heavy atom. The minimum atomic E-state index is -0.0277. The molecule has 0 amide bonds. The molecule has 0 saturated carbocycles. The van der Waals surface area contributed by atoms with E-state index in [-0.39, 0.29) is 23.8 Å². The van der Waals surface area contributed by atoms with Crippen molar-refractivity contribution >= 4 is 7.85 Å². The van der Waals surface area contributed by atoms with Crippen LogP contribution < -0.4 is 0 Å². The Labute approximate surface area is 73.8 Å². The van der Waals surface area contributed by atoms with Gasteiger partial charge in [0.2, 0.25) is 0 Å². The minimum absolute atomic E-state index is 0.0277. The molecule has 2 heterocycles. The maximum Gasteiger partial charge on any atom is 0.142 e. The van der Waals surface area contributed by atoms with Gasteiger partial charge in [-0.1, -0.05) is 6.92 Å². The van der Waals surface area contributed by atoms with Crippen LogP contribution in [0.2, 0.25) is 0 Å². The molecule has 2 aliphatic rings. The summed E-state index contributed by atoms with van der Waals surface area (Å²) in [4.78, 5) is 0. The first-order valence-electron chi connectivity index (χ1n) is 4.56. The van der Waals surface area contributed by atoms with Gasteiger partial charge in [-0.2, -0.15) is 0 Å². The van der Waals surface area contributed by atoms with Crippen LogP contribution in [0.5, 0.6) is 0 Å². The van der Waals surface area contributed by atoms with Crippen LogP contribution in [0.25, 0.3) is 0 Å². The van der Waals surface area contributed by atoms with Crippen molar-refractivity contribution < 1.29 is 14.2 Å². The highest BCUT2D eigenvalue weighted by atomic mass is 16.7. The van der Waals surface area contributed by atoms with Crippen LogP contribution >= 0.6 is 0 Å². The topological polar surface area (TPSA) is 27.7 Å². The normalized spacial score (nSPS) is 51.7. The Balaban J connectivity index is 2.13. The third-order valence-electron chi connectivity index (χ3n) is 3.08. The average Bonchev–Trinajstić information content (AvgIpc) is 2.23. The molecule has 2 fully saturated rings. The SMILES string of the molecule is B[C@@H]1O[C@@]2(CC)CO[C@H]2[C@H]1OC. The number of hydrogen-bond acceptors (Lipinski definition) is 3. The van der Waals surface area contributed by atoms with E-state index in [1.165, 1.54) is 0 Å². The van der Waals surface area contributed by atoms with Gasteiger partial charge in [0.25, 0.3) is 0 Å². The molecule has 0 aliphatic carbocycles. The molecule has 0 N–H and O–H groups in total. The van der Waals surface area contributed by atoms with Crippen molar-refractivity contribution in [3.8, 4) is 0 Å². The molecule has 3 nitrogen and oxygen atoms in total. The second-order valence-electron chi connectivity index (χ2n) is 3.67. The molecule has 2 saturated heterocycles. The molecule has 4 atom stereocenters. The predicted octanol–water partition coefficient (Wildman–Crippen LogP) is -0.462. The largest absolute Gasteiger partial charge is 0.377 e. The van der Waals surface area contributed by atoms with Gasteiger partial charge in [0.1, 0.15) is 25.7 Å². The monoisotopic (exact) mass is 170 g/mol. The molecule has 0 aromatic carbocycles. The lowest BCUT2D eigenvalue weighted by Gasteiger charge is -2.43. The van der Waals surface area contributed by atoms with Gasteiger partial charge in [-0.15, -0.1) is 0 Å². The maximum absolute atomic E-state index is 5.85. The molecule has 0 aromatic rings. The molecule has 12 heavy (non-hydrogen) atoms. The summed E-state index contributed by atoms with van der Waals surface area (Å²) >= 11 is 0. The van der Waals surface area contributed by atoms with Crippen LogP contribution in [0.4, 0.5) is 0 Å². The van der Waals surface area contributed by atoms with Crippen molar-refractivity contribution in [3.63, 3.8) is 0 Å². The predicted molar refractivity (Wildman–Crippen MR) is 47.0 cm³/mol. The average molecular weight is 170 g/mol. The second-order valence-corrected chi connectivity index (χ2v) is 3.67. The van der Waals surface area contributed by atoms with Crippen molar-refractivity contribution in [1.29, 1.82) is 0 Å². The summed E-state index contributed by atoms with van der Waals surface area (Å²) in [7, 11) is 3.77. The van der Waals surface area contributed by atoms with Gasteiger partial charge < -0.3 is 14.2 Å². The molecule has 0 radical (unpaired) electrons. The number of methoxy groups -OCH3 is 1. The van der Waals surface area contributed by atoms with E-state index in [2.05, 4.69) is 6.92 Å². The summed E-state index contributed by atoms with van der Waals surface area (Å²) in [6.45, 7) is 2.87. The molecule has 4 heteroatoms. The van der Waals surface area contributed by atoms with Crippen molar-refractivity contribution in [1.82, 2.24) is 0 Å². The first kappa shape index (κ1) is 8.54. The lowest BCUT2D eigenvalue weighted by atomic mass is 9.84. The molecule has 2 rings (SSSR count). The third kappa shape index (κ3) is 0.887. The van der Waals surface area contributed by atoms with Crippen molar-refractivity contribution in [2.45, 2.75) is 37.2 Å². The fourth-order valence-electron chi connectivity index (χ4n) is 2.25. The Hall–Kier alpha value is -0.0551. The Morgan fingerprint density at radius 3 is 2.75 bits per heavy atom. The van der Waals surface area contributed by atoms with E-state index in [1.807, 2.05) is 7.85 Å². The van der Waals surface area contributed by atoms with E-state index >= 15 is 0 Å². The van der Waals surface area contributed by atoms with E-state index in [9.17, 15) is 0 Å². The molecule has 0 bridgehead atoms. The van der Waals surface area contributed by atoms with Gasteiger partial charge in [0.15, 0.2) is 0 Å². The summed E-state index contributed by atoms with van der Waals surface area (Å²) in [5.74, 6) is 0. The van der Waals surface area contributed by atoms with E-state index < -0.39 is 0 Å². The Kier molecular flexibility index (Phi) is 1.94. The maximum atomic E-state index is 5.85. The number of rotatable bonds is 2. The minimum Gasteiger partial charge on any atom is -0.377 e. The van der Waals surface area contributed by atoms with Crippen molar-refractivity contribution in [2.24, 2.45) is 0 Å². The van der Waals surface area contributed by atoms with E-state index in [0.717, 1.165) is 13.0 Å². The number of fused-ring (bicyclic) bond motifs is 1. The molecule has 68 valence electrons. The zero-order chi connectivity index (χ0) is 8.77. The summed E-state index contributed by atoms with van der Waals surface area (Å²) in [6, 6.07) is 0.169. The summed E-state index contributed by atoms with van der Waals surface area (Å²) < 4.78 is 16.7. The molecule has 0 aromatic heterocycles. The van der Waals surface area contributed by atoms with E-state index in [0.29, 0.717) is 0 Å². The first-order valence-corrected chi connectivity index (χ1v) is 4.56. The lowest BCUT2D eigenvalue weighted by Crippen LogP contribution is -2.58. The number of ether oxygens (including phenoxy) is 3. The highest BCUT2D eigenvalue weighted by molar-refractivity contribution is 6.11. The Bertz CT molecular complexity index is 183. The molecule has 0 unspecified atom stereocenters. The summed E-state index contributed by atoms with van der Waals surface area (Å²) in [6.07, 6.45) is 1.31. The van der Waals surface area contributed by atoms with Crippen LogP contribution in [0.1, 0.15) is 13.3 Å². The molecular weight excluding hydrogens is 155 g/mol. The van der Waals surface area contributed by atoms with Crippen LogP contribution in [0, 0.1) is 0 Å². The molecule has 0 spiro atoms. The third-order valence-corrected chi connectivity index (χ3v) is 3.08. The van der Waals surface area contributed by atoms with Gasteiger partial charge in [0.05, 0.1) is 12.6 Å². The van der Waals surface area contributed by atoms with Crippen molar-refractivity contribution in [3.05, 3.63) is 0 Å². The number of hydrogen-bond donors (Lipinski definition) is 0. The quantitative estimate of drug-likeness (QED) is 0.524. The summed E-state index contributed by atoms with van der Waals surface area (Å²) in [5, 5.41) is 0. The van der Waals surface area contributed by atoms with Gasteiger partial charge in [-0.05, 0) is 6.42 Å². The fraction of sp³-hybridized carbons (Fsp3) is 1.00. The zero-order valence-corrected chi connectivity index (χ0v) is 7.87. The van der Waals surface area contributed by atoms with Crippen LogP contribution in [-0.4, -0.2) is 45.4 Å². The standard InChI is InChI=1S/C8H15BO3/c1-3-8-4-11-6(8)5(10-2)7(9)12-8/h5-7H,3-4,9H2,1-2H3/t5-,6+,7-,8+/m1/s1. The fourth-order valence-corrected chi connectivity index (χ4v) is 2.25. The zero-order valence-electron chi connectivity index (χ0n) is 7.87. The summed E-state index contributed by atoms with van der Waals surface area (Å²) in [5.41, 5.74) is -0.0277. The van der Waals surface area contributed by atoms with Gasteiger partial charge >= 0.3 is 0 Å². The molecular formula is C8H15BO3. The van der Waals surface area contributed by atoms with Crippen LogP contribution in [-0.2, 0) is 14.2 Å². The molecule has 2 aliphatic heterocycles. The smallest absolute Gasteiger partial charge is 0.142 e.